The number of halogens is 1. The molecule has 1 saturated heterocycles. The predicted octanol–water partition coefficient (Wildman–Crippen LogP) is 4.79. The fraction of sp³-hybridized carbons (Fsp3) is 0.417. The largest absolute Gasteiger partial charge is 0.489 e. The Kier molecular flexibility index (Phi) is 7.44. The van der Waals surface area contributed by atoms with Crippen molar-refractivity contribution in [2.45, 2.75) is 45.9 Å². The van der Waals surface area contributed by atoms with Gasteiger partial charge < -0.3 is 19.7 Å². The fourth-order valence-corrected chi connectivity index (χ4v) is 3.38. The summed E-state index contributed by atoms with van der Waals surface area (Å²) in [7, 11) is 0. The summed E-state index contributed by atoms with van der Waals surface area (Å²) in [6, 6.07) is 15.2. The number of hydrogen-bond donors (Lipinski definition) is 1. The second kappa shape index (κ2) is 10.1. The van der Waals surface area contributed by atoms with Crippen LogP contribution in [0.15, 0.2) is 48.5 Å². The van der Waals surface area contributed by atoms with E-state index in [4.69, 9.17) is 21.1 Å². The van der Waals surface area contributed by atoms with Crippen LogP contribution in [0.2, 0.25) is 5.02 Å². The molecule has 166 valence electrons. The molecule has 1 unspecified atom stereocenters. The van der Waals surface area contributed by atoms with E-state index in [0.29, 0.717) is 37.7 Å². The molecule has 0 aliphatic carbocycles. The van der Waals surface area contributed by atoms with E-state index < -0.39 is 5.60 Å². The van der Waals surface area contributed by atoms with Gasteiger partial charge in [0.25, 0.3) is 0 Å². The third kappa shape index (κ3) is 7.17. The summed E-state index contributed by atoms with van der Waals surface area (Å²) >= 11 is 5.89. The molecule has 0 saturated carbocycles. The highest BCUT2D eigenvalue weighted by Gasteiger charge is 2.33. The number of nitrogens with one attached hydrogen (secondary N) is 1. The molecule has 2 amide bonds. The molecular formula is C24H29ClN2O4. The van der Waals surface area contributed by atoms with Crippen LogP contribution >= 0.6 is 11.6 Å². The van der Waals surface area contributed by atoms with Gasteiger partial charge in [-0.05, 0) is 62.6 Å². The molecule has 0 bridgehead atoms. The summed E-state index contributed by atoms with van der Waals surface area (Å²) in [6.07, 6.45) is 0.278. The second-order valence-electron chi connectivity index (χ2n) is 8.69. The zero-order chi connectivity index (χ0) is 22.4. The van der Waals surface area contributed by atoms with E-state index in [2.05, 4.69) is 5.32 Å². The van der Waals surface area contributed by atoms with Crippen molar-refractivity contribution in [1.29, 1.82) is 0 Å². The molecule has 6 nitrogen and oxygen atoms in total. The maximum absolute atomic E-state index is 12.5. The predicted molar refractivity (Wildman–Crippen MR) is 120 cm³/mol. The summed E-state index contributed by atoms with van der Waals surface area (Å²) in [5.41, 5.74) is 1.48. The molecule has 1 N–H and O–H groups in total. The first-order chi connectivity index (χ1) is 14.7. The maximum Gasteiger partial charge on any atom is 0.410 e. The first kappa shape index (κ1) is 22.9. The van der Waals surface area contributed by atoms with Gasteiger partial charge in [0.1, 0.15) is 18.0 Å². The normalized spacial score (nSPS) is 16.1. The van der Waals surface area contributed by atoms with E-state index in [1.54, 1.807) is 4.90 Å². The van der Waals surface area contributed by atoms with Gasteiger partial charge in [-0.25, -0.2) is 4.79 Å². The van der Waals surface area contributed by atoms with Crippen LogP contribution in [0, 0.1) is 5.92 Å². The molecule has 0 radical (unpaired) electrons. The minimum absolute atomic E-state index is 0.0471. The monoisotopic (exact) mass is 444 g/mol. The van der Waals surface area contributed by atoms with Gasteiger partial charge >= 0.3 is 6.09 Å². The SMILES string of the molecule is CC(C)(C)OC(=O)N1CCC(C(=O)NCc2ccc(OCc3ccc(Cl)cc3)cc2)C1. The topological polar surface area (TPSA) is 67.9 Å². The summed E-state index contributed by atoms with van der Waals surface area (Å²) in [6.45, 7) is 7.31. The summed E-state index contributed by atoms with van der Waals surface area (Å²) in [4.78, 5) is 26.3. The molecule has 1 fully saturated rings. The maximum atomic E-state index is 12.5. The third-order valence-corrected chi connectivity index (χ3v) is 5.17. The highest BCUT2D eigenvalue weighted by atomic mass is 35.5. The molecule has 1 atom stereocenters. The number of carbonyl (C=O) groups is 2. The van der Waals surface area contributed by atoms with E-state index in [-0.39, 0.29) is 17.9 Å². The average molecular weight is 445 g/mol. The van der Waals surface area contributed by atoms with Gasteiger partial charge in [-0.2, -0.15) is 0 Å². The van der Waals surface area contributed by atoms with Crippen molar-refractivity contribution in [3.8, 4) is 5.75 Å². The minimum atomic E-state index is -0.540. The number of rotatable bonds is 6. The third-order valence-electron chi connectivity index (χ3n) is 4.92. The Morgan fingerprint density at radius 2 is 1.71 bits per heavy atom. The number of amides is 2. The van der Waals surface area contributed by atoms with Crippen molar-refractivity contribution in [3.63, 3.8) is 0 Å². The van der Waals surface area contributed by atoms with Crippen LogP contribution in [-0.2, 0) is 22.7 Å². The zero-order valence-corrected chi connectivity index (χ0v) is 18.9. The van der Waals surface area contributed by atoms with Crippen molar-refractivity contribution < 1.29 is 19.1 Å². The number of carbonyl (C=O) groups excluding carboxylic acids is 2. The zero-order valence-electron chi connectivity index (χ0n) is 18.2. The van der Waals surface area contributed by atoms with E-state index in [0.717, 1.165) is 16.9 Å². The highest BCUT2D eigenvalue weighted by Crippen LogP contribution is 2.20. The van der Waals surface area contributed by atoms with Gasteiger partial charge in [-0.1, -0.05) is 35.9 Å². The molecular weight excluding hydrogens is 416 g/mol. The lowest BCUT2D eigenvalue weighted by Gasteiger charge is -2.24. The van der Waals surface area contributed by atoms with Crippen molar-refractivity contribution in [3.05, 3.63) is 64.7 Å². The Hall–Kier alpha value is -2.73. The van der Waals surface area contributed by atoms with Gasteiger partial charge in [-0.15, -0.1) is 0 Å². The lowest BCUT2D eigenvalue weighted by atomic mass is 10.1. The first-order valence-electron chi connectivity index (χ1n) is 10.4. The van der Waals surface area contributed by atoms with E-state index in [9.17, 15) is 9.59 Å². The molecule has 1 aliphatic rings. The highest BCUT2D eigenvalue weighted by molar-refractivity contribution is 6.30. The average Bonchev–Trinajstić information content (AvgIpc) is 3.22. The smallest absolute Gasteiger partial charge is 0.410 e. The molecule has 2 aromatic carbocycles. The lowest BCUT2D eigenvalue weighted by Crippen LogP contribution is -2.37. The standard InChI is InChI=1S/C24H29ClN2O4/c1-24(2,3)31-23(29)27-13-12-19(15-27)22(28)26-14-17-6-10-21(11-7-17)30-16-18-4-8-20(25)9-5-18/h4-11,19H,12-16H2,1-3H3,(H,26,28). The van der Waals surface area contributed by atoms with Crippen LogP contribution in [0.1, 0.15) is 38.3 Å². The quantitative estimate of drug-likeness (QED) is 0.695. The van der Waals surface area contributed by atoms with Gasteiger partial charge in [0.15, 0.2) is 0 Å². The lowest BCUT2D eigenvalue weighted by molar-refractivity contribution is -0.124. The molecule has 0 spiro atoms. The second-order valence-corrected chi connectivity index (χ2v) is 9.13. The molecule has 0 aromatic heterocycles. The molecule has 3 rings (SSSR count). The van der Waals surface area contributed by atoms with Crippen LogP contribution in [0.25, 0.3) is 0 Å². The number of hydrogen-bond acceptors (Lipinski definition) is 4. The molecule has 7 heteroatoms. The van der Waals surface area contributed by atoms with Gasteiger partial charge in [0.2, 0.25) is 5.91 Å². The van der Waals surface area contributed by atoms with Crippen molar-refractivity contribution in [2.75, 3.05) is 13.1 Å². The minimum Gasteiger partial charge on any atom is -0.489 e. The van der Waals surface area contributed by atoms with E-state index >= 15 is 0 Å². The molecule has 1 heterocycles. The van der Waals surface area contributed by atoms with Crippen molar-refractivity contribution in [2.24, 2.45) is 5.92 Å². The van der Waals surface area contributed by atoms with Crippen LogP contribution in [0.4, 0.5) is 4.79 Å². The molecule has 2 aromatic rings. The van der Waals surface area contributed by atoms with E-state index in [1.807, 2.05) is 69.3 Å². The van der Waals surface area contributed by atoms with Crippen molar-refractivity contribution in [1.82, 2.24) is 10.2 Å². The van der Waals surface area contributed by atoms with Crippen LogP contribution in [0.3, 0.4) is 0 Å². The first-order valence-corrected chi connectivity index (χ1v) is 10.8. The number of benzene rings is 2. The van der Waals surface area contributed by atoms with Gasteiger partial charge in [0, 0.05) is 24.7 Å². The van der Waals surface area contributed by atoms with Gasteiger partial charge in [-0.3, -0.25) is 4.79 Å². The number of likely N-dealkylation sites (tertiary alicyclic amines) is 1. The number of ether oxygens (including phenoxy) is 2. The molecule has 31 heavy (non-hydrogen) atoms. The Balaban J connectivity index is 1.42. The Morgan fingerprint density at radius 1 is 1.06 bits per heavy atom. The molecule has 1 aliphatic heterocycles. The Bertz CT molecular complexity index is 891. The Labute approximate surface area is 188 Å². The van der Waals surface area contributed by atoms with E-state index in [1.165, 1.54) is 0 Å². The summed E-state index contributed by atoms with van der Waals surface area (Å²) < 4.78 is 11.2. The fourth-order valence-electron chi connectivity index (χ4n) is 3.25. The van der Waals surface area contributed by atoms with Gasteiger partial charge in [0.05, 0.1) is 5.92 Å². The number of nitrogens with zero attached hydrogens (tertiary/aromatic N) is 1. The summed E-state index contributed by atoms with van der Waals surface area (Å²) in [5.74, 6) is 0.498. The van der Waals surface area contributed by atoms with Crippen LogP contribution in [0.5, 0.6) is 5.75 Å². The Morgan fingerprint density at radius 3 is 2.35 bits per heavy atom. The van der Waals surface area contributed by atoms with Crippen LogP contribution in [-0.4, -0.2) is 35.6 Å². The van der Waals surface area contributed by atoms with Crippen LogP contribution < -0.4 is 10.1 Å². The summed E-state index contributed by atoms with van der Waals surface area (Å²) in [5, 5.41) is 3.66. The van der Waals surface area contributed by atoms with Crippen molar-refractivity contribution >= 4 is 23.6 Å².